The fourth-order valence-corrected chi connectivity index (χ4v) is 0.598. The number of hydrogen-bond donors (Lipinski definition) is 1. The summed E-state index contributed by atoms with van der Waals surface area (Å²) in [5.74, 6) is 0. The van der Waals surface area contributed by atoms with Crippen LogP contribution in [0.5, 0.6) is 0 Å². The van der Waals surface area contributed by atoms with E-state index in [1.807, 2.05) is 0 Å². The van der Waals surface area contributed by atoms with Crippen molar-refractivity contribution in [3.8, 4) is 0 Å². The summed E-state index contributed by atoms with van der Waals surface area (Å²) in [4.78, 5) is 0. The second-order valence-corrected chi connectivity index (χ2v) is 2.36. The minimum Gasteiger partial charge on any atom is -0.785 e. The van der Waals surface area contributed by atoms with Gasteiger partial charge < -0.3 is 25.5 Å². The van der Waals surface area contributed by atoms with Crippen molar-refractivity contribution in [3.05, 3.63) is 5.21 Å². The Kier molecular flexibility index (Phi) is 8.74. The van der Waals surface area contributed by atoms with Gasteiger partial charge in [-0.1, -0.05) is 0 Å². The molecule has 0 amide bonds. The van der Waals surface area contributed by atoms with Gasteiger partial charge in [0.25, 0.3) is 0 Å². The molecule has 0 aliphatic rings. The second-order valence-electron chi connectivity index (χ2n) is 2.36. The lowest BCUT2D eigenvalue weighted by Crippen LogP contribution is -2.18. The highest BCUT2D eigenvalue weighted by Gasteiger charge is 1.88. The van der Waals surface area contributed by atoms with Crippen LogP contribution in [0.25, 0.3) is 0 Å². The Morgan fingerprint density at radius 1 is 1.17 bits per heavy atom. The molecule has 0 saturated carbocycles. The maximum Gasteiger partial charge on any atom is 0.0701 e. The zero-order valence-electron chi connectivity index (χ0n) is 7.49. The van der Waals surface area contributed by atoms with E-state index in [2.05, 4.69) is 0 Å². The average molecular weight is 177 g/mol. The first kappa shape index (κ1) is 11.8. The van der Waals surface area contributed by atoms with Crippen LogP contribution in [0.3, 0.4) is 0 Å². The predicted octanol–water partition coefficient (Wildman–Crippen LogP) is -0.592. The molecule has 0 rings (SSSR count). The van der Waals surface area contributed by atoms with E-state index < -0.39 is 0 Å². The molecule has 0 aromatic carbocycles. The molecule has 0 heterocycles. The number of ether oxygens (including phenoxy) is 2. The highest BCUT2D eigenvalue weighted by atomic mass is 16.5. The minimum absolute atomic E-state index is 0.400. The smallest absolute Gasteiger partial charge is 0.0701 e. The largest absolute Gasteiger partial charge is 0.785 e. The van der Waals surface area contributed by atoms with Crippen molar-refractivity contribution in [1.82, 2.24) is 5.06 Å². The SMILES string of the molecule is CN([O-])CCOCCOCCN. The van der Waals surface area contributed by atoms with E-state index in [1.165, 1.54) is 7.05 Å². The molecule has 5 nitrogen and oxygen atoms in total. The lowest BCUT2D eigenvalue weighted by molar-refractivity contribution is 0.0467. The molecule has 0 spiro atoms. The van der Waals surface area contributed by atoms with Crippen molar-refractivity contribution in [3.63, 3.8) is 0 Å². The zero-order valence-corrected chi connectivity index (χ0v) is 7.49. The number of hydroxylamine groups is 2. The molecule has 0 saturated heterocycles. The lowest BCUT2D eigenvalue weighted by atomic mass is 10.6. The van der Waals surface area contributed by atoms with Gasteiger partial charge >= 0.3 is 0 Å². The molecular weight excluding hydrogens is 160 g/mol. The molecule has 0 fully saturated rings. The van der Waals surface area contributed by atoms with Crippen LogP contribution >= 0.6 is 0 Å². The zero-order chi connectivity index (χ0) is 9.23. The summed E-state index contributed by atoms with van der Waals surface area (Å²) in [5.41, 5.74) is 5.20. The monoisotopic (exact) mass is 177 g/mol. The van der Waals surface area contributed by atoms with Crippen LogP contribution in [0.1, 0.15) is 0 Å². The molecule has 74 valence electrons. The Balaban J connectivity index is 2.82. The van der Waals surface area contributed by atoms with Crippen molar-refractivity contribution in [1.29, 1.82) is 0 Å². The second kappa shape index (κ2) is 8.89. The van der Waals surface area contributed by atoms with Gasteiger partial charge in [0.2, 0.25) is 0 Å². The van der Waals surface area contributed by atoms with E-state index in [4.69, 9.17) is 15.2 Å². The lowest BCUT2D eigenvalue weighted by Gasteiger charge is -2.21. The van der Waals surface area contributed by atoms with Crippen LogP contribution in [0.15, 0.2) is 0 Å². The van der Waals surface area contributed by atoms with Gasteiger partial charge in [-0.25, -0.2) is 0 Å². The number of nitrogens with zero attached hydrogens (tertiary/aromatic N) is 1. The number of rotatable bonds is 8. The first-order valence-corrected chi connectivity index (χ1v) is 4.01. The van der Waals surface area contributed by atoms with Crippen molar-refractivity contribution in [2.24, 2.45) is 5.73 Å². The number of hydrogen-bond acceptors (Lipinski definition) is 5. The molecular formula is C7H17N2O3-. The van der Waals surface area contributed by atoms with Crippen LogP contribution in [0.2, 0.25) is 0 Å². The number of likely N-dealkylation sites (N-methyl/N-ethyl adjacent to an activating group) is 1. The molecule has 0 atom stereocenters. The van der Waals surface area contributed by atoms with Gasteiger partial charge in [0.05, 0.1) is 26.4 Å². The van der Waals surface area contributed by atoms with E-state index in [1.54, 1.807) is 0 Å². The molecule has 0 radical (unpaired) electrons. The first-order valence-electron chi connectivity index (χ1n) is 4.01. The van der Waals surface area contributed by atoms with Crippen LogP contribution < -0.4 is 5.73 Å². The van der Waals surface area contributed by atoms with Crippen LogP contribution in [-0.4, -0.2) is 51.6 Å². The normalized spacial score (nSPS) is 11.0. The summed E-state index contributed by atoms with van der Waals surface area (Å²) < 4.78 is 10.1. The molecule has 0 aromatic heterocycles. The van der Waals surface area contributed by atoms with Crippen molar-refractivity contribution in [2.45, 2.75) is 0 Å². The van der Waals surface area contributed by atoms with Crippen LogP contribution in [-0.2, 0) is 9.47 Å². The van der Waals surface area contributed by atoms with Gasteiger partial charge in [0, 0.05) is 13.1 Å². The van der Waals surface area contributed by atoms with Gasteiger partial charge in [0.1, 0.15) is 0 Å². The van der Waals surface area contributed by atoms with Crippen molar-refractivity contribution < 1.29 is 9.47 Å². The molecule has 0 unspecified atom stereocenters. The van der Waals surface area contributed by atoms with E-state index >= 15 is 0 Å². The van der Waals surface area contributed by atoms with Gasteiger partial charge in [-0.15, -0.1) is 0 Å². The van der Waals surface area contributed by atoms with Gasteiger partial charge in [0.15, 0.2) is 0 Å². The number of nitrogens with two attached hydrogens (primary N) is 1. The fourth-order valence-electron chi connectivity index (χ4n) is 0.598. The van der Waals surface area contributed by atoms with Gasteiger partial charge in [-0.05, 0) is 7.05 Å². The van der Waals surface area contributed by atoms with Crippen molar-refractivity contribution in [2.75, 3.05) is 46.6 Å². The molecule has 12 heavy (non-hydrogen) atoms. The maximum atomic E-state index is 10.4. The summed E-state index contributed by atoms with van der Waals surface area (Å²) in [6.45, 7) is 3.00. The summed E-state index contributed by atoms with van der Waals surface area (Å²) in [6, 6.07) is 0. The first-order chi connectivity index (χ1) is 5.77. The highest BCUT2D eigenvalue weighted by Crippen LogP contribution is 1.80. The van der Waals surface area contributed by atoms with Gasteiger partial charge in [-0.2, -0.15) is 0 Å². The van der Waals surface area contributed by atoms with E-state index in [0.29, 0.717) is 39.5 Å². The Morgan fingerprint density at radius 3 is 2.25 bits per heavy atom. The predicted molar refractivity (Wildman–Crippen MR) is 46.7 cm³/mol. The van der Waals surface area contributed by atoms with Crippen molar-refractivity contribution >= 4 is 0 Å². The Morgan fingerprint density at radius 2 is 1.75 bits per heavy atom. The van der Waals surface area contributed by atoms with Gasteiger partial charge in [-0.3, -0.25) is 0 Å². The van der Waals surface area contributed by atoms with E-state index in [-0.39, 0.29) is 0 Å². The molecule has 0 aliphatic heterocycles. The third-order valence-corrected chi connectivity index (χ3v) is 1.18. The van der Waals surface area contributed by atoms with Crippen LogP contribution in [0, 0.1) is 5.21 Å². The Hall–Kier alpha value is -0.200. The fraction of sp³-hybridized carbons (Fsp3) is 1.00. The Bertz CT molecular complexity index is 90.7. The molecule has 0 aliphatic carbocycles. The molecule has 0 aromatic rings. The Labute approximate surface area is 73.0 Å². The molecule has 0 bridgehead atoms. The molecule has 5 heteroatoms. The highest BCUT2D eigenvalue weighted by molar-refractivity contribution is 4.46. The maximum absolute atomic E-state index is 10.4. The average Bonchev–Trinajstić information content (AvgIpc) is 2.02. The summed E-state index contributed by atoms with van der Waals surface area (Å²) in [5, 5.41) is 11.2. The summed E-state index contributed by atoms with van der Waals surface area (Å²) in [7, 11) is 1.47. The summed E-state index contributed by atoms with van der Waals surface area (Å²) >= 11 is 0. The van der Waals surface area contributed by atoms with Crippen LogP contribution in [0.4, 0.5) is 0 Å². The molecule has 2 N–H and O–H groups in total. The summed E-state index contributed by atoms with van der Waals surface area (Å²) in [6.07, 6.45) is 0. The third kappa shape index (κ3) is 9.80. The quantitative estimate of drug-likeness (QED) is 0.396. The van der Waals surface area contributed by atoms with E-state index in [0.717, 1.165) is 5.06 Å². The topological polar surface area (TPSA) is 70.8 Å². The minimum atomic E-state index is 0.400. The van der Waals surface area contributed by atoms with E-state index in [9.17, 15) is 5.21 Å². The standard InChI is InChI=1S/C7H17N2O3/c1-9(10)3-5-12-7-6-11-4-2-8/h2-8H2,1H3/q-1. The third-order valence-electron chi connectivity index (χ3n) is 1.18.